The molecule has 8 aromatic carbocycles. The van der Waals surface area contributed by atoms with Crippen LogP contribution in [0.4, 0.5) is 17.2 Å². The van der Waals surface area contributed by atoms with Crippen molar-refractivity contribution in [3.63, 3.8) is 0 Å². The van der Waals surface area contributed by atoms with E-state index >= 15 is 0 Å². The molecule has 0 saturated carbocycles. The van der Waals surface area contributed by atoms with Crippen LogP contribution in [0.1, 0.15) is 79.0 Å². The Morgan fingerprint density at radius 1 is 0.373 bits per heavy atom. The van der Waals surface area contributed by atoms with Crippen molar-refractivity contribution in [2.75, 3.05) is 4.90 Å². The van der Waals surface area contributed by atoms with Gasteiger partial charge in [0.2, 0.25) is 0 Å². The van der Waals surface area contributed by atoms with Gasteiger partial charge in [-0.3, -0.25) is 9.47 Å². The van der Waals surface area contributed by atoms with Crippen molar-refractivity contribution in [2.45, 2.75) is 78.6 Å². The van der Waals surface area contributed by atoms with Gasteiger partial charge in [0.05, 0.1) is 16.6 Å². The minimum Gasteiger partial charge on any atom is -0.375 e. The van der Waals surface area contributed by atoms with Gasteiger partial charge in [0.25, 0.3) is 0 Å². The Hall–Kier alpha value is -7.24. The predicted molar refractivity (Wildman–Crippen MR) is 287 cm³/mol. The van der Waals surface area contributed by atoms with Crippen LogP contribution in [-0.2, 0) is 16.2 Å². The number of nitrogens with zero attached hydrogens (tertiary/aromatic N) is 4. The van der Waals surface area contributed by atoms with Gasteiger partial charge in [-0.1, -0.05) is 159 Å². The number of fused-ring (bicyclic) bond motifs is 13. The van der Waals surface area contributed by atoms with Crippen LogP contribution < -0.4 is 15.8 Å². The van der Waals surface area contributed by atoms with Gasteiger partial charge in [-0.25, -0.2) is 0 Å². The third kappa shape index (κ3) is 5.61. The molecule has 0 radical (unpaired) electrons. The summed E-state index contributed by atoms with van der Waals surface area (Å²) >= 11 is 0. The summed E-state index contributed by atoms with van der Waals surface area (Å²) in [5, 5.41) is 6.43. The van der Waals surface area contributed by atoms with E-state index in [9.17, 15) is 0 Å². The Morgan fingerprint density at radius 2 is 0.940 bits per heavy atom. The first-order chi connectivity index (χ1) is 32.2. The van der Waals surface area contributed by atoms with E-state index < -0.39 is 0 Å². The molecule has 13 rings (SSSR count). The summed E-state index contributed by atoms with van der Waals surface area (Å²) in [5.74, 6) is 1.19. The average Bonchev–Trinajstić information content (AvgIpc) is 3.96. The Kier molecular flexibility index (Phi) is 8.18. The highest BCUT2D eigenvalue weighted by atomic mass is 15.3. The smallest absolute Gasteiger partial charge is 0.335 e. The van der Waals surface area contributed by atoms with Crippen molar-refractivity contribution in [3.05, 3.63) is 187 Å². The van der Waals surface area contributed by atoms with Crippen molar-refractivity contribution in [1.82, 2.24) is 13.6 Å². The average molecular weight is 867 g/mol. The Morgan fingerprint density at radius 3 is 1.58 bits per heavy atom. The van der Waals surface area contributed by atoms with Crippen molar-refractivity contribution < 1.29 is 0 Å². The Balaban J connectivity index is 1.28. The number of para-hydroxylation sites is 4. The van der Waals surface area contributed by atoms with Gasteiger partial charge >= 0.3 is 6.85 Å². The molecule has 2 aliphatic rings. The number of hydrogen-bond acceptors (Lipinski definition) is 1. The van der Waals surface area contributed by atoms with Crippen LogP contribution in [-0.4, -0.2) is 20.5 Å². The molecule has 0 N–H and O–H groups in total. The Bertz CT molecular complexity index is 3840. The summed E-state index contributed by atoms with van der Waals surface area (Å²) in [6.07, 6.45) is 0. The third-order valence-corrected chi connectivity index (χ3v) is 15.0. The first-order valence-electron chi connectivity index (χ1n) is 24.1. The monoisotopic (exact) mass is 866 g/mol. The first kappa shape index (κ1) is 40.1. The van der Waals surface area contributed by atoms with Gasteiger partial charge in [0.15, 0.2) is 0 Å². The summed E-state index contributed by atoms with van der Waals surface area (Å²) in [6, 6.07) is 64.7. The van der Waals surface area contributed by atoms with E-state index in [0.29, 0.717) is 0 Å². The van der Waals surface area contributed by atoms with Gasteiger partial charge in [-0.05, 0) is 122 Å². The molecule has 0 unspecified atom stereocenters. The molecule has 0 spiro atoms. The Labute approximate surface area is 393 Å². The second-order valence-corrected chi connectivity index (χ2v) is 22.3. The zero-order valence-corrected chi connectivity index (χ0v) is 40.0. The van der Waals surface area contributed by atoms with Crippen molar-refractivity contribution in [2.24, 2.45) is 0 Å². The normalized spacial score (nSPS) is 13.7. The molecule has 5 heterocycles. The minimum atomic E-state index is -0.131. The molecule has 0 aliphatic carbocycles. The zero-order valence-electron chi connectivity index (χ0n) is 40.0. The maximum absolute atomic E-state index is 2.77. The van der Waals surface area contributed by atoms with Gasteiger partial charge in [0, 0.05) is 66.4 Å². The van der Waals surface area contributed by atoms with Crippen LogP contribution in [0.5, 0.6) is 0 Å². The van der Waals surface area contributed by atoms with E-state index in [4.69, 9.17) is 0 Å². The molecule has 3 aromatic heterocycles. The van der Waals surface area contributed by atoms with E-state index in [2.05, 4.69) is 251 Å². The van der Waals surface area contributed by atoms with Gasteiger partial charge in [0.1, 0.15) is 5.82 Å². The molecule has 5 heteroatoms. The lowest BCUT2D eigenvalue weighted by Gasteiger charge is -2.41. The van der Waals surface area contributed by atoms with Crippen LogP contribution in [0.3, 0.4) is 0 Å². The maximum Gasteiger partial charge on any atom is 0.335 e. The van der Waals surface area contributed by atoms with Crippen molar-refractivity contribution >= 4 is 89.5 Å². The maximum atomic E-state index is 2.77. The van der Waals surface area contributed by atoms with Crippen molar-refractivity contribution in [3.8, 4) is 22.5 Å². The number of aromatic nitrogens is 3. The molecule has 0 amide bonds. The van der Waals surface area contributed by atoms with Gasteiger partial charge in [-0.15, -0.1) is 0 Å². The number of hydrogen-bond donors (Lipinski definition) is 0. The molecule has 2 aliphatic heterocycles. The van der Waals surface area contributed by atoms with Crippen molar-refractivity contribution in [1.29, 1.82) is 0 Å². The molecular formula is C62H55BN4. The van der Waals surface area contributed by atoms with E-state index in [1.54, 1.807) is 0 Å². The summed E-state index contributed by atoms with van der Waals surface area (Å²) in [6.45, 7) is 20.9. The SMILES string of the molecule is CC(C)(C)c1ccc(N2c3cc(C(C)(C)C)cc4c3B(c3c2n(-c2ccccc2)c2ccccc32)n2c3ccc(C(C)(C)C)cc3c3c2c-4cc2c4ccccc4n(-c4ccccc4)c23)cc1. The molecule has 0 fully saturated rings. The highest BCUT2D eigenvalue weighted by molar-refractivity contribution is 6.91. The molecule has 326 valence electrons. The molecule has 0 atom stereocenters. The molecule has 0 bridgehead atoms. The predicted octanol–water partition coefficient (Wildman–Crippen LogP) is 15.1. The molecular weight excluding hydrogens is 812 g/mol. The summed E-state index contributed by atoms with van der Waals surface area (Å²) < 4.78 is 7.85. The van der Waals surface area contributed by atoms with Crippen LogP contribution in [0.25, 0.3) is 77.0 Å². The second-order valence-electron chi connectivity index (χ2n) is 22.3. The zero-order chi connectivity index (χ0) is 45.9. The molecule has 4 nitrogen and oxygen atoms in total. The molecule has 11 aromatic rings. The molecule has 0 saturated heterocycles. The summed E-state index contributed by atoms with van der Waals surface area (Å²) in [7, 11) is 0. The van der Waals surface area contributed by atoms with E-state index in [1.165, 1.54) is 110 Å². The number of rotatable bonds is 3. The number of benzene rings is 8. The van der Waals surface area contributed by atoms with Crippen LogP contribution >= 0.6 is 0 Å². The molecule has 67 heavy (non-hydrogen) atoms. The lowest BCUT2D eigenvalue weighted by Crippen LogP contribution is -2.56. The van der Waals surface area contributed by atoms with E-state index in [1.807, 2.05) is 0 Å². The fourth-order valence-corrected chi connectivity index (χ4v) is 11.7. The summed E-state index contributed by atoms with van der Waals surface area (Å²) in [4.78, 5) is 2.62. The second kappa shape index (κ2) is 13.7. The largest absolute Gasteiger partial charge is 0.375 e. The lowest BCUT2D eigenvalue weighted by atomic mass is 9.45. The standard InChI is InChI=1S/C62H55BN4/c1-60(2,3)38-28-31-43(32-29-38)66-53-36-40(62(7,8)9)35-46-48-37-47-44-24-16-18-26-50(44)64(41-20-12-10-13-21-41)57(47)54-49-34-39(61(4,5)6)30-33-52(49)67(58(48)54)63(55(46)53)56-45-25-17-19-27-51(45)65(59(56)66)42-22-14-11-15-23-42/h10-37H,1-9H3. The topological polar surface area (TPSA) is 18.0 Å². The highest BCUT2D eigenvalue weighted by Gasteiger charge is 2.47. The third-order valence-electron chi connectivity index (χ3n) is 15.0. The fourth-order valence-electron chi connectivity index (χ4n) is 11.7. The lowest BCUT2D eigenvalue weighted by molar-refractivity contribution is 0.590. The van der Waals surface area contributed by atoms with Gasteiger partial charge < -0.3 is 9.05 Å². The number of anilines is 3. The summed E-state index contributed by atoms with van der Waals surface area (Å²) in [5.41, 5.74) is 20.1. The minimum absolute atomic E-state index is 0.0212. The van der Waals surface area contributed by atoms with Crippen LogP contribution in [0.2, 0.25) is 0 Å². The van der Waals surface area contributed by atoms with Gasteiger partial charge in [-0.2, -0.15) is 0 Å². The fraction of sp³-hybridized carbons (Fsp3) is 0.194. The van der Waals surface area contributed by atoms with Crippen LogP contribution in [0.15, 0.2) is 170 Å². The van der Waals surface area contributed by atoms with E-state index in [0.717, 1.165) is 11.4 Å². The highest BCUT2D eigenvalue weighted by Crippen LogP contribution is 2.52. The van der Waals surface area contributed by atoms with Crippen LogP contribution in [0, 0.1) is 0 Å². The quantitative estimate of drug-likeness (QED) is 0.162. The van der Waals surface area contributed by atoms with E-state index in [-0.39, 0.29) is 23.1 Å². The first-order valence-corrected chi connectivity index (χ1v) is 24.1.